The Morgan fingerprint density at radius 3 is 2.61 bits per heavy atom. The summed E-state index contributed by atoms with van der Waals surface area (Å²) in [4.78, 5) is 34.7. The molecule has 4 heterocycles. The van der Waals surface area contributed by atoms with Crippen LogP contribution in [0.4, 0.5) is 26.5 Å². The lowest BCUT2D eigenvalue weighted by molar-refractivity contribution is -0.138. The number of nitrogens with zero attached hydrogens (tertiary/aromatic N) is 5. The van der Waals surface area contributed by atoms with Gasteiger partial charge in [-0.2, -0.15) is 4.98 Å². The van der Waals surface area contributed by atoms with Crippen LogP contribution in [0.25, 0.3) is 0 Å². The molecule has 1 saturated carbocycles. The molecular formula is C26H35F2N7O. The Morgan fingerprint density at radius 1 is 1.00 bits per heavy atom. The van der Waals surface area contributed by atoms with Crippen LogP contribution in [0.1, 0.15) is 87.1 Å². The summed E-state index contributed by atoms with van der Waals surface area (Å²) in [6, 6.07) is -0.398. The summed E-state index contributed by atoms with van der Waals surface area (Å²) in [5.74, 6) is -0.205. The number of anilines is 3. The van der Waals surface area contributed by atoms with E-state index < -0.39 is 12.0 Å². The van der Waals surface area contributed by atoms with Gasteiger partial charge in [-0.25, -0.2) is 18.7 Å². The molecule has 10 heteroatoms. The van der Waals surface area contributed by atoms with Crippen molar-refractivity contribution in [1.82, 2.24) is 24.8 Å². The zero-order chi connectivity index (χ0) is 24.7. The fourth-order valence-corrected chi connectivity index (χ4v) is 6.31. The lowest BCUT2D eigenvalue weighted by Gasteiger charge is -2.35. The van der Waals surface area contributed by atoms with Gasteiger partial charge in [0.05, 0.1) is 11.9 Å². The van der Waals surface area contributed by atoms with Crippen molar-refractivity contribution in [2.24, 2.45) is 0 Å². The van der Waals surface area contributed by atoms with Crippen molar-refractivity contribution in [3.05, 3.63) is 23.1 Å². The number of rotatable bonds is 5. The van der Waals surface area contributed by atoms with E-state index in [9.17, 15) is 13.6 Å². The molecule has 2 aromatic heterocycles. The molecule has 1 amide bonds. The lowest BCUT2D eigenvalue weighted by Crippen LogP contribution is -2.50. The van der Waals surface area contributed by atoms with E-state index in [2.05, 4.69) is 15.3 Å². The molecule has 2 N–H and O–H groups in total. The number of piperidine rings is 1. The largest absolute Gasteiger partial charge is 0.340 e. The van der Waals surface area contributed by atoms with E-state index in [-0.39, 0.29) is 31.8 Å². The molecular weight excluding hydrogens is 464 g/mol. The molecule has 2 aliphatic heterocycles. The Hall–Kier alpha value is -2.78. The number of aromatic nitrogens is 4. The van der Waals surface area contributed by atoms with Gasteiger partial charge < -0.3 is 20.1 Å². The monoisotopic (exact) mass is 499 g/mol. The first-order valence-corrected chi connectivity index (χ1v) is 13.6. The van der Waals surface area contributed by atoms with Crippen molar-refractivity contribution in [1.29, 1.82) is 0 Å². The number of hydrogen-bond acceptors (Lipinski definition) is 6. The van der Waals surface area contributed by atoms with E-state index in [1.54, 1.807) is 4.90 Å². The highest BCUT2D eigenvalue weighted by atomic mass is 19.3. The highest BCUT2D eigenvalue weighted by Gasteiger charge is 2.41. The SMILES string of the molecule is O=C([C@H]1CCCN1c1nc2c(c(Nc3ncc(C4CCCCC4)[nH]3)n1)CCC2)N1CCC(F)(F)CC1. The normalized spacial score (nSPS) is 24.2. The summed E-state index contributed by atoms with van der Waals surface area (Å²) < 4.78 is 27.3. The van der Waals surface area contributed by atoms with Crippen molar-refractivity contribution < 1.29 is 13.6 Å². The summed E-state index contributed by atoms with van der Waals surface area (Å²) >= 11 is 0. The third kappa shape index (κ3) is 4.66. The smallest absolute Gasteiger partial charge is 0.251 e. The number of likely N-dealkylation sites (tertiary alicyclic amines) is 1. The molecule has 1 atom stereocenters. The number of fused-ring (bicyclic) bond motifs is 1. The maximum atomic E-state index is 13.6. The first-order valence-electron chi connectivity index (χ1n) is 13.6. The summed E-state index contributed by atoms with van der Waals surface area (Å²) in [6.45, 7) is 0.900. The molecule has 2 aromatic rings. The van der Waals surface area contributed by atoms with Gasteiger partial charge in [-0.15, -0.1) is 0 Å². The number of aromatic amines is 1. The van der Waals surface area contributed by atoms with Gasteiger partial charge in [0.15, 0.2) is 0 Å². The van der Waals surface area contributed by atoms with Crippen molar-refractivity contribution in [2.75, 3.05) is 29.9 Å². The van der Waals surface area contributed by atoms with Gasteiger partial charge in [0.1, 0.15) is 11.9 Å². The Morgan fingerprint density at radius 2 is 1.81 bits per heavy atom. The predicted molar refractivity (Wildman–Crippen MR) is 133 cm³/mol. The second-order valence-electron chi connectivity index (χ2n) is 10.8. The molecule has 0 bridgehead atoms. The molecule has 2 aliphatic carbocycles. The van der Waals surface area contributed by atoms with Crippen LogP contribution in [0.2, 0.25) is 0 Å². The number of aryl methyl sites for hydroxylation is 1. The molecule has 0 radical (unpaired) electrons. The molecule has 194 valence electrons. The number of alkyl halides is 2. The molecule has 8 nitrogen and oxygen atoms in total. The van der Waals surface area contributed by atoms with Gasteiger partial charge in [-0.05, 0) is 44.9 Å². The van der Waals surface area contributed by atoms with E-state index in [0.717, 1.165) is 42.8 Å². The maximum Gasteiger partial charge on any atom is 0.251 e. The quantitative estimate of drug-likeness (QED) is 0.620. The van der Waals surface area contributed by atoms with Gasteiger partial charge >= 0.3 is 0 Å². The number of nitrogens with one attached hydrogen (secondary N) is 2. The second kappa shape index (κ2) is 9.59. The second-order valence-corrected chi connectivity index (χ2v) is 10.8. The fourth-order valence-electron chi connectivity index (χ4n) is 6.31. The number of imidazole rings is 1. The van der Waals surface area contributed by atoms with Crippen molar-refractivity contribution in [3.8, 4) is 0 Å². The third-order valence-corrected chi connectivity index (χ3v) is 8.40. The van der Waals surface area contributed by atoms with Gasteiger partial charge in [0.25, 0.3) is 5.92 Å². The van der Waals surface area contributed by atoms with Gasteiger partial charge in [0.2, 0.25) is 17.8 Å². The van der Waals surface area contributed by atoms with E-state index in [4.69, 9.17) is 9.97 Å². The van der Waals surface area contributed by atoms with Gasteiger partial charge in [-0.3, -0.25) is 4.79 Å². The number of hydrogen-bond donors (Lipinski definition) is 2. The minimum absolute atomic E-state index is 0.0789. The summed E-state index contributed by atoms with van der Waals surface area (Å²) in [5, 5.41) is 3.42. The van der Waals surface area contributed by atoms with Crippen molar-refractivity contribution >= 4 is 23.6 Å². The van der Waals surface area contributed by atoms with Gasteiger partial charge in [0, 0.05) is 49.7 Å². The highest BCUT2D eigenvalue weighted by Crippen LogP contribution is 2.35. The predicted octanol–water partition coefficient (Wildman–Crippen LogP) is 4.71. The van der Waals surface area contributed by atoms with Crippen molar-refractivity contribution in [2.45, 2.75) is 94.9 Å². The highest BCUT2D eigenvalue weighted by molar-refractivity contribution is 5.85. The first-order chi connectivity index (χ1) is 17.5. The third-order valence-electron chi connectivity index (χ3n) is 8.40. The Kier molecular flexibility index (Phi) is 6.29. The van der Waals surface area contributed by atoms with Gasteiger partial charge in [-0.1, -0.05) is 19.3 Å². The molecule has 6 rings (SSSR count). The molecule has 36 heavy (non-hydrogen) atoms. The summed E-state index contributed by atoms with van der Waals surface area (Å²) in [6.07, 6.45) is 12.0. The van der Waals surface area contributed by atoms with E-state index in [1.165, 1.54) is 37.8 Å². The number of amides is 1. The topological polar surface area (TPSA) is 90.0 Å². The molecule has 0 unspecified atom stereocenters. The lowest BCUT2D eigenvalue weighted by atomic mass is 9.87. The van der Waals surface area contributed by atoms with E-state index in [0.29, 0.717) is 30.8 Å². The maximum absolute atomic E-state index is 13.6. The first kappa shape index (κ1) is 23.6. The molecule has 2 saturated heterocycles. The van der Waals surface area contributed by atoms with Crippen molar-refractivity contribution in [3.63, 3.8) is 0 Å². The van der Waals surface area contributed by atoms with E-state index >= 15 is 0 Å². The van der Waals surface area contributed by atoms with Crippen LogP contribution in [-0.4, -0.2) is 62.3 Å². The average molecular weight is 500 g/mol. The summed E-state index contributed by atoms with van der Waals surface area (Å²) in [7, 11) is 0. The van der Waals surface area contributed by atoms with E-state index in [1.807, 2.05) is 11.1 Å². The summed E-state index contributed by atoms with van der Waals surface area (Å²) in [5.41, 5.74) is 3.33. The molecule has 4 aliphatic rings. The number of carbonyl (C=O) groups is 1. The zero-order valence-corrected chi connectivity index (χ0v) is 20.7. The van der Waals surface area contributed by atoms with Crippen LogP contribution in [0, 0.1) is 0 Å². The number of halogens is 2. The van der Waals surface area contributed by atoms with Crippen LogP contribution in [0.3, 0.4) is 0 Å². The minimum atomic E-state index is -2.67. The fraction of sp³-hybridized carbons (Fsp3) is 0.692. The van der Waals surface area contributed by atoms with Crippen LogP contribution in [0.5, 0.6) is 0 Å². The van der Waals surface area contributed by atoms with Crippen LogP contribution in [-0.2, 0) is 17.6 Å². The van der Waals surface area contributed by atoms with Crippen LogP contribution in [0.15, 0.2) is 6.20 Å². The van der Waals surface area contributed by atoms with Crippen LogP contribution < -0.4 is 10.2 Å². The number of H-pyrrole nitrogens is 1. The average Bonchev–Trinajstić information content (AvgIpc) is 3.65. The molecule has 0 spiro atoms. The Balaban J connectivity index is 1.22. The Labute approximate surface area is 210 Å². The Bertz CT molecular complexity index is 1100. The molecule has 3 fully saturated rings. The zero-order valence-electron chi connectivity index (χ0n) is 20.7. The minimum Gasteiger partial charge on any atom is -0.340 e. The number of carbonyl (C=O) groups excluding carboxylic acids is 1. The van der Waals surface area contributed by atoms with Crippen LogP contribution >= 0.6 is 0 Å². The molecule has 0 aromatic carbocycles. The standard InChI is InChI=1S/C26H35F2N7O/c27-26(28)11-14-34(15-12-26)23(36)21-10-5-13-35(21)25-31-19-9-4-8-18(19)22(33-25)32-24-29-16-20(30-24)17-6-2-1-3-7-17/h16-17,21H,1-15H2,(H2,29,30,31,32,33)/t21-/m1/s1.